The van der Waals surface area contributed by atoms with E-state index in [2.05, 4.69) is 10.2 Å². The molecule has 0 heterocycles. The molecular formula is C23H22F2N2O6. The van der Waals surface area contributed by atoms with Gasteiger partial charge in [0, 0.05) is 12.5 Å². The topological polar surface area (TPSA) is 114 Å². The van der Waals surface area contributed by atoms with E-state index in [1.807, 2.05) is 48.5 Å². The first-order chi connectivity index (χ1) is 15.7. The van der Waals surface area contributed by atoms with Crippen molar-refractivity contribution >= 4 is 18.0 Å². The Morgan fingerprint density at radius 2 is 1.64 bits per heavy atom. The number of nitrogens with one attached hydrogen (secondary N) is 2. The van der Waals surface area contributed by atoms with Crippen LogP contribution >= 0.6 is 0 Å². The van der Waals surface area contributed by atoms with Gasteiger partial charge in [0.25, 0.3) is 11.8 Å². The molecule has 174 valence electrons. The fourth-order valence-electron chi connectivity index (χ4n) is 4.10. The van der Waals surface area contributed by atoms with Crippen LogP contribution in [0.25, 0.3) is 11.1 Å². The second-order valence-corrected chi connectivity index (χ2v) is 8.03. The zero-order valence-electron chi connectivity index (χ0n) is 17.6. The average molecular weight is 460 g/mol. The Morgan fingerprint density at radius 1 is 1.06 bits per heavy atom. The summed E-state index contributed by atoms with van der Waals surface area (Å²) in [6.45, 7) is 0.700. The summed E-state index contributed by atoms with van der Waals surface area (Å²) in [4.78, 5) is 39.3. The zero-order chi connectivity index (χ0) is 23.8. The summed E-state index contributed by atoms with van der Waals surface area (Å²) in [6.07, 6.45) is -2.26. The first-order valence-corrected chi connectivity index (χ1v) is 10.4. The van der Waals surface area contributed by atoms with Crippen LogP contribution in [0.5, 0.6) is 0 Å². The number of aliphatic carboxylic acids is 1. The molecule has 1 fully saturated rings. The van der Waals surface area contributed by atoms with Crippen molar-refractivity contribution < 1.29 is 37.8 Å². The van der Waals surface area contributed by atoms with E-state index in [1.165, 1.54) is 0 Å². The van der Waals surface area contributed by atoms with Gasteiger partial charge in [-0.15, -0.1) is 0 Å². The molecule has 0 spiro atoms. The van der Waals surface area contributed by atoms with E-state index < -0.39 is 48.4 Å². The van der Waals surface area contributed by atoms with Gasteiger partial charge in [-0.2, -0.15) is 0 Å². The summed E-state index contributed by atoms with van der Waals surface area (Å²) in [5.41, 5.74) is 5.90. The van der Waals surface area contributed by atoms with E-state index in [0.717, 1.165) is 29.2 Å². The molecule has 0 bridgehead atoms. The number of carboxylic acids is 1. The molecule has 10 heteroatoms. The van der Waals surface area contributed by atoms with Crippen molar-refractivity contribution in [3.63, 3.8) is 0 Å². The Balaban J connectivity index is 1.29. The lowest BCUT2D eigenvalue weighted by molar-refractivity contribution is -0.159. The number of benzene rings is 2. The van der Waals surface area contributed by atoms with Gasteiger partial charge in [-0.1, -0.05) is 48.5 Å². The van der Waals surface area contributed by atoms with Gasteiger partial charge in [0.1, 0.15) is 12.5 Å². The predicted octanol–water partition coefficient (Wildman–Crippen LogP) is 2.93. The molecule has 2 aromatic carbocycles. The summed E-state index contributed by atoms with van der Waals surface area (Å²) in [6, 6.07) is 15.6. The number of carbonyl (C=O) groups excluding carboxylic acids is 2. The number of fused-ring (bicyclic) bond motifs is 3. The maximum absolute atomic E-state index is 14.0. The molecule has 8 nitrogen and oxygen atoms in total. The van der Waals surface area contributed by atoms with Gasteiger partial charge in [0.05, 0.1) is 5.92 Å². The highest BCUT2D eigenvalue weighted by atomic mass is 19.3. The summed E-state index contributed by atoms with van der Waals surface area (Å²) in [5.74, 6) is -9.19. The lowest BCUT2D eigenvalue weighted by Crippen LogP contribution is -2.34. The summed E-state index contributed by atoms with van der Waals surface area (Å²) in [5, 5.41) is 11.0. The number of halogens is 2. The van der Waals surface area contributed by atoms with Crippen LogP contribution in [0.4, 0.5) is 13.6 Å². The van der Waals surface area contributed by atoms with Crippen LogP contribution in [0.15, 0.2) is 48.5 Å². The highest BCUT2D eigenvalue weighted by molar-refractivity contribution is 5.83. The average Bonchev–Trinajstić information content (AvgIpc) is 3.20. The molecule has 3 N–H and O–H groups in total. The number of hydrogen-bond donors (Lipinski definition) is 3. The molecule has 2 aliphatic carbocycles. The fraction of sp³-hybridized carbons (Fsp3) is 0.348. The molecule has 4 rings (SSSR count). The number of ether oxygens (including phenoxy) is 1. The van der Waals surface area contributed by atoms with Crippen molar-refractivity contribution in [2.75, 3.05) is 13.2 Å². The Bertz CT molecular complexity index is 1050. The van der Waals surface area contributed by atoms with E-state index in [4.69, 9.17) is 9.84 Å². The third-order valence-corrected chi connectivity index (χ3v) is 5.98. The first kappa shape index (κ1) is 22.7. The van der Waals surface area contributed by atoms with Gasteiger partial charge < -0.3 is 15.2 Å². The van der Waals surface area contributed by atoms with Crippen LogP contribution in [0, 0.1) is 11.8 Å². The molecule has 2 aliphatic rings. The summed E-state index contributed by atoms with van der Waals surface area (Å²) < 4.78 is 33.3. The van der Waals surface area contributed by atoms with Crippen molar-refractivity contribution in [2.24, 2.45) is 11.8 Å². The number of alkyl carbamates (subject to hydrolysis) is 1. The molecule has 1 unspecified atom stereocenters. The number of hydrogen-bond acceptors (Lipinski definition) is 5. The van der Waals surface area contributed by atoms with Crippen molar-refractivity contribution in [1.82, 2.24) is 10.8 Å². The number of amides is 2. The van der Waals surface area contributed by atoms with Crippen molar-refractivity contribution in [3.8, 4) is 11.1 Å². The van der Waals surface area contributed by atoms with Crippen LogP contribution < -0.4 is 10.8 Å². The van der Waals surface area contributed by atoms with E-state index in [-0.39, 0.29) is 12.5 Å². The smallest absolute Gasteiger partial charge is 0.407 e. The minimum Gasteiger partial charge on any atom is -0.479 e. The molecule has 0 aromatic heterocycles. The van der Waals surface area contributed by atoms with Crippen molar-refractivity contribution in [3.05, 3.63) is 59.7 Å². The second-order valence-electron chi connectivity index (χ2n) is 8.03. The van der Waals surface area contributed by atoms with Gasteiger partial charge >= 0.3 is 12.1 Å². The normalized spacial score (nSPS) is 20.8. The lowest BCUT2D eigenvalue weighted by Gasteiger charge is -2.14. The monoisotopic (exact) mass is 460 g/mol. The van der Waals surface area contributed by atoms with Crippen LogP contribution in [0.3, 0.4) is 0 Å². The number of alkyl halides is 2. The quantitative estimate of drug-likeness (QED) is 0.522. The van der Waals surface area contributed by atoms with E-state index in [0.29, 0.717) is 0 Å². The Morgan fingerprint density at radius 3 is 2.21 bits per heavy atom. The standard InChI is InChI=1S/C23H22F2N2O6/c1-12(21(29)30)33-27-20(28)19-18(23(19,24)25)10-26-22(31)32-11-17-15-8-4-2-6-13(15)14-7-3-5-9-16(14)17/h2-9,12,17-19H,10-11H2,1H3,(H,26,31)(H,27,28)(H,29,30)/t12?,18-,19-/m0/s1. The highest BCUT2D eigenvalue weighted by Gasteiger charge is 2.71. The first-order valence-electron chi connectivity index (χ1n) is 10.4. The van der Waals surface area contributed by atoms with Crippen LogP contribution in [0.2, 0.25) is 0 Å². The SMILES string of the molecule is CC(ONC(=O)[C@@H]1[C@H](CNC(=O)OCC2c3ccccc3-c3ccccc32)C1(F)F)C(=O)O. The Labute approximate surface area is 187 Å². The lowest BCUT2D eigenvalue weighted by atomic mass is 9.98. The highest BCUT2D eigenvalue weighted by Crippen LogP contribution is 2.55. The molecule has 0 saturated heterocycles. The Hall–Kier alpha value is -3.53. The van der Waals surface area contributed by atoms with Crippen molar-refractivity contribution in [1.29, 1.82) is 0 Å². The minimum absolute atomic E-state index is 0.0335. The van der Waals surface area contributed by atoms with Crippen molar-refractivity contribution in [2.45, 2.75) is 24.9 Å². The van der Waals surface area contributed by atoms with E-state index in [9.17, 15) is 23.2 Å². The summed E-state index contributed by atoms with van der Waals surface area (Å²) >= 11 is 0. The number of carboxylic acid groups (broad SMARTS) is 1. The van der Waals surface area contributed by atoms with Crippen LogP contribution in [-0.2, 0) is 19.2 Å². The third kappa shape index (κ3) is 4.38. The molecule has 3 atom stereocenters. The second kappa shape index (κ2) is 8.78. The van der Waals surface area contributed by atoms with Crippen LogP contribution in [0.1, 0.15) is 24.0 Å². The molecule has 2 aromatic rings. The Kier molecular flexibility index (Phi) is 6.03. The maximum atomic E-state index is 14.0. The molecule has 33 heavy (non-hydrogen) atoms. The van der Waals surface area contributed by atoms with Gasteiger partial charge in [-0.25, -0.2) is 23.9 Å². The maximum Gasteiger partial charge on any atom is 0.407 e. The van der Waals surface area contributed by atoms with E-state index in [1.54, 1.807) is 5.48 Å². The van der Waals surface area contributed by atoms with Gasteiger partial charge in [-0.05, 0) is 29.2 Å². The molecule has 0 radical (unpaired) electrons. The van der Waals surface area contributed by atoms with Gasteiger partial charge in [-0.3, -0.25) is 9.63 Å². The largest absolute Gasteiger partial charge is 0.479 e. The number of carbonyl (C=O) groups is 3. The van der Waals surface area contributed by atoms with Gasteiger partial charge in [0.2, 0.25) is 0 Å². The number of rotatable bonds is 8. The molecular weight excluding hydrogens is 438 g/mol. The number of hydroxylamine groups is 1. The third-order valence-electron chi connectivity index (χ3n) is 5.98. The molecule has 0 aliphatic heterocycles. The fourth-order valence-corrected chi connectivity index (χ4v) is 4.10. The van der Waals surface area contributed by atoms with Crippen LogP contribution in [-0.4, -0.2) is 48.3 Å². The van der Waals surface area contributed by atoms with Gasteiger partial charge in [0.15, 0.2) is 6.10 Å². The minimum atomic E-state index is -3.35. The molecule has 2 amide bonds. The predicted molar refractivity (Wildman–Crippen MR) is 111 cm³/mol. The molecule has 1 saturated carbocycles. The zero-order valence-corrected chi connectivity index (χ0v) is 17.6. The van der Waals surface area contributed by atoms with E-state index >= 15 is 0 Å². The summed E-state index contributed by atoms with van der Waals surface area (Å²) in [7, 11) is 0.